The van der Waals surface area contributed by atoms with Crippen LogP contribution >= 0.6 is 11.8 Å². The Kier molecular flexibility index (Phi) is 7.74. The van der Waals surface area contributed by atoms with E-state index in [4.69, 9.17) is 4.74 Å². The first-order chi connectivity index (χ1) is 14.8. The number of hydrogen-bond donors (Lipinski definition) is 2. The SMILES string of the molecule is COCCCN1CCc2nc(SCC(=O)Nc3cccc(C(F)(F)F)c3)[nH]c(=O)c2C1. The van der Waals surface area contributed by atoms with Crippen LogP contribution in [-0.2, 0) is 28.7 Å². The zero-order chi connectivity index (χ0) is 22.4. The van der Waals surface area contributed by atoms with Gasteiger partial charge in [-0.25, -0.2) is 4.98 Å². The van der Waals surface area contributed by atoms with Crippen LogP contribution in [0.5, 0.6) is 0 Å². The molecule has 168 valence electrons. The molecule has 2 aromatic rings. The minimum Gasteiger partial charge on any atom is -0.385 e. The smallest absolute Gasteiger partial charge is 0.385 e. The molecule has 0 spiro atoms. The number of rotatable bonds is 8. The van der Waals surface area contributed by atoms with E-state index in [1.807, 2.05) is 0 Å². The van der Waals surface area contributed by atoms with Crippen molar-refractivity contribution in [2.24, 2.45) is 0 Å². The molecule has 0 radical (unpaired) electrons. The first-order valence-corrected chi connectivity index (χ1v) is 10.7. The standard InChI is InChI=1S/C20H23F3N4O3S/c1-30-9-3-7-27-8-6-16-15(11-27)18(29)26-19(25-16)31-12-17(28)24-14-5-2-4-13(10-14)20(21,22)23/h2,4-5,10H,3,6-9,11-12H2,1H3,(H,24,28)(H,25,26,29). The molecule has 3 rings (SSSR count). The van der Waals surface area contributed by atoms with E-state index >= 15 is 0 Å². The van der Waals surface area contributed by atoms with Gasteiger partial charge < -0.3 is 15.0 Å². The molecule has 31 heavy (non-hydrogen) atoms. The highest BCUT2D eigenvalue weighted by atomic mass is 32.2. The molecular weight excluding hydrogens is 433 g/mol. The number of carbonyl (C=O) groups excluding carboxylic acids is 1. The second-order valence-electron chi connectivity index (χ2n) is 7.08. The number of hydrogen-bond acceptors (Lipinski definition) is 6. The third-order valence-electron chi connectivity index (χ3n) is 4.76. The summed E-state index contributed by atoms with van der Waals surface area (Å²) in [4.78, 5) is 33.9. The van der Waals surface area contributed by atoms with Crippen LogP contribution in [0.15, 0.2) is 34.2 Å². The molecule has 0 atom stereocenters. The van der Waals surface area contributed by atoms with Gasteiger partial charge in [0.05, 0.1) is 22.6 Å². The minimum atomic E-state index is -4.48. The number of thioether (sulfide) groups is 1. The summed E-state index contributed by atoms with van der Waals surface area (Å²) < 4.78 is 43.4. The summed E-state index contributed by atoms with van der Waals surface area (Å²) in [6.45, 7) is 2.80. The van der Waals surface area contributed by atoms with Crippen LogP contribution in [0, 0.1) is 0 Å². The molecule has 1 aromatic heterocycles. The number of nitrogens with zero attached hydrogens (tertiary/aromatic N) is 2. The summed E-state index contributed by atoms with van der Waals surface area (Å²) in [6.07, 6.45) is -2.97. The van der Waals surface area contributed by atoms with E-state index in [1.54, 1.807) is 7.11 Å². The first kappa shape index (κ1) is 23.3. The van der Waals surface area contributed by atoms with Crippen LogP contribution in [-0.4, -0.2) is 53.3 Å². The number of ether oxygens (including phenoxy) is 1. The van der Waals surface area contributed by atoms with Gasteiger partial charge >= 0.3 is 6.18 Å². The van der Waals surface area contributed by atoms with E-state index in [0.717, 1.165) is 43.4 Å². The first-order valence-electron chi connectivity index (χ1n) is 9.69. The number of amides is 1. The fourth-order valence-corrected chi connectivity index (χ4v) is 3.93. The molecular formula is C20H23F3N4O3S. The van der Waals surface area contributed by atoms with Gasteiger partial charge in [0.15, 0.2) is 5.16 Å². The number of carbonyl (C=O) groups is 1. The van der Waals surface area contributed by atoms with Gasteiger partial charge in [-0.05, 0) is 24.6 Å². The number of aromatic nitrogens is 2. The summed E-state index contributed by atoms with van der Waals surface area (Å²) in [6, 6.07) is 4.42. The lowest BCUT2D eigenvalue weighted by atomic mass is 10.1. The molecule has 0 fully saturated rings. The van der Waals surface area contributed by atoms with Crippen molar-refractivity contribution in [3.05, 3.63) is 51.4 Å². The highest BCUT2D eigenvalue weighted by molar-refractivity contribution is 7.99. The zero-order valence-corrected chi connectivity index (χ0v) is 17.7. The number of H-pyrrole nitrogens is 1. The Balaban J connectivity index is 1.57. The molecule has 11 heteroatoms. The van der Waals surface area contributed by atoms with Gasteiger partial charge in [0.1, 0.15) is 0 Å². The number of methoxy groups -OCH3 is 1. The van der Waals surface area contributed by atoms with Crippen LogP contribution in [0.1, 0.15) is 23.2 Å². The van der Waals surface area contributed by atoms with Crippen molar-refractivity contribution in [2.75, 3.05) is 37.9 Å². The van der Waals surface area contributed by atoms with Gasteiger partial charge in [0.2, 0.25) is 5.91 Å². The van der Waals surface area contributed by atoms with Gasteiger partial charge in [0, 0.05) is 45.5 Å². The normalized spacial score (nSPS) is 14.3. The predicted molar refractivity (Wildman–Crippen MR) is 111 cm³/mol. The molecule has 1 amide bonds. The maximum Gasteiger partial charge on any atom is 0.416 e. The van der Waals surface area contributed by atoms with E-state index in [0.29, 0.717) is 36.0 Å². The summed E-state index contributed by atoms with van der Waals surface area (Å²) in [5.74, 6) is -0.588. The number of fused-ring (bicyclic) bond motifs is 1. The van der Waals surface area contributed by atoms with Crippen molar-refractivity contribution in [3.8, 4) is 0 Å². The Hall–Kier alpha value is -2.37. The largest absolute Gasteiger partial charge is 0.416 e. The van der Waals surface area contributed by atoms with E-state index in [9.17, 15) is 22.8 Å². The lowest BCUT2D eigenvalue weighted by Gasteiger charge is -2.27. The zero-order valence-electron chi connectivity index (χ0n) is 16.9. The molecule has 0 bridgehead atoms. The van der Waals surface area contributed by atoms with Crippen LogP contribution in [0.2, 0.25) is 0 Å². The van der Waals surface area contributed by atoms with Crippen molar-refractivity contribution in [3.63, 3.8) is 0 Å². The molecule has 0 aliphatic carbocycles. The van der Waals surface area contributed by atoms with E-state index in [2.05, 4.69) is 20.2 Å². The fraction of sp³-hybridized carbons (Fsp3) is 0.450. The third kappa shape index (κ3) is 6.55. The second kappa shape index (κ2) is 10.3. The summed E-state index contributed by atoms with van der Waals surface area (Å²) in [7, 11) is 1.65. The summed E-state index contributed by atoms with van der Waals surface area (Å²) in [5.41, 5.74) is 0.326. The summed E-state index contributed by atoms with van der Waals surface area (Å²) in [5, 5.41) is 2.75. The van der Waals surface area contributed by atoms with Crippen LogP contribution in [0.4, 0.5) is 18.9 Å². The van der Waals surface area contributed by atoms with Gasteiger partial charge in [0.25, 0.3) is 5.56 Å². The van der Waals surface area contributed by atoms with Gasteiger partial charge in [-0.3, -0.25) is 14.5 Å². The second-order valence-corrected chi connectivity index (χ2v) is 8.05. The lowest BCUT2D eigenvalue weighted by Crippen LogP contribution is -2.36. The molecule has 2 N–H and O–H groups in total. The van der Waals surface area contributed by atoms with Crippen molar-refractivity contribution in [1.82, 2.24) is 14.9 Å². The lowest BCUT2D eigenvalue weighted by molar-refractivity contribution is -0.137. The average molecular weight is 456 g/mol. The third-order valence-corrected chi connectivity index (χ3v) is 5.64. The predicted octanol–water partition coefficient (Wildman–Crippen LogP) is 2.91. The number of anilines is 1. The topological polar surface area (TPSA) is 87.3 Å². The number of benzene rings is 1. The van der Waals surface area contributed by atoms with Crippen molar-refractivity contribution in [2.45, 2.75) is 30.7 Å². The average Bonchev–Trinajstić information content (AvgIpc) is 2.72. The molecule has 1 aromatic carbocycles. The van der Waals surface area contributed by atoms with E-state index in [1.165, 1.54) is 12.1 Å². The van der Waals surface area contributed by atoms with E-state index in [-0.39, 0.29) is 17.0 Å². The number of aromatic amines is 1. The molecule has 2 heterocycles. The monoisotopic (exact) mass is 456 g/mol. The Labute approximate surface area is 181 Å². The highest BCUT2D eigenvalue weighted by Gasteiger charge is 2.30. The van der Waals surface area contributed by atoms with Crippen molar-refractivity contribution >= 4 is 23.4 Å². The molecule has 1 aliphatic heterocycles. The molecule has 0 unspecified atom stereocenters. The van der Waals surface area contributed by atoms with Crippen LogP contribution in [0.25, 0.3) is 0 Å². The number of halogens is 3. The Morgan fingerprint density at radius 2 is 2.19 bits per heavy atom. The van der Waals surface area contributed by atoms with Crippen molar-refractivity contribution < 1.29 is 22.7 Å². The fourth-order valence-electron chi connectivity index (χ4n) is 3.25. The quantitative estimate of drug-likeness (QED) is 0.361. The van der Waals surface area contributed by atoms with Crippen molar-refractivity contribution in [1.29, 1.82) is 0 Å². The maximum atomic E-state index is 12.8. The van der Waals surface area contributed by atoms with Gasteiger partial charge in [-0.2, -0.15) is 13.2 Å². The van der Waals surface area contributed by atoms with Gasteiger partial charge in [-0.15, -0.1) is 0 Å². The van der Waals surface area contributed by atoms with Crippen LogP contribution in [0.3, 0.4) is 0 Å². The molecule has 1 aliphatic rings. The highest BCUT2D eigenvalue weighted by Crippen LogP contribution is 2.30. The Morgan fingerprint density at radius 3 is 2.94 bits per heavy atom. The van der Waals surface area contributed by atoms with Crippen LogP contribution < -0.4 is 10.9 Å². The van der Waals surface area contributed by atoms with E-state index < -0.39 is 17.6 Å². The molecule has 0 saturated carbocycles. The molecule has 0 saturated heterocycles. The maximum absolute atomic E-state index is 12.8. The molecule has 7 nitrogen and oxygen atoms in total. The van der Waals surface area contributed by atoms with Gasteiger partial charge in [-0.1, -0.05) is 17.8 Å². The Bertz CT molecular complexity index is 981. The number of alkyl halides is 3. The summed E-state index contributed by atoms with van der Waals surface area (Å²) >= 11 is 1.03. The number of nitrogens with one attached hydrogen (secondary N) is 2. The minimum absolute atomic E-state index is 0.0564. The Morgan fingerprint density at radius 1 is 1.39 bits per heavy atom.